The summed E-state index contributed by atoms with van der Waals surface area (Å²) in [6.45, 7) is 1.91. The van der Waals surface area contributed by atoms with Gasteiger partial charge in [-0.05, 0) is 74.1 Å². The Balaban J connectivity index is 1.41. The number of carbonyl (C=O) groups is 4. The third-order valence-corrected chi connectivity index (χ3v) is 7.64. The number of anilines is 1. The van der Waals surface area contributed by atoms with Gasteiger partial charge in [0, 0.05) is 4.88 Å². The molecule has 0 saturated carbocycles. The van der Waals surface area contributed by atoms with Crippen molar-refractivity contribution in [2.75, 3.05) is 26.1 Å². The van der Waals surface area contributed by atoms with Crippen LogP contribution in [-0.4, -0.2) is 50.8 Å². The zero-order chi connectivity index (χ0) is 30.1. The number of nitrogens with one attached hydrogen (secondary N) is 2. The SMILES string of the molecule is CCOC(=O)c1c(NC(=O)C(=O)N/N=C/c2ccc(OC(=O)c3ccccc3OC)c(OC)c2)sc2c1CCCCC2. The fourth-order valence-corrected chi connectivity index (χ4v) is 5.72. The van der Waals surface area contributed by atoms with E-state index in [1.807, 2.05) is 0 Å². The summed E-state index contributed by atoms with van der Waals surface area (Å²) in [5, 5.41) is 6.71. The molecule has 1 aliphatic carbocycles. The van der Waals surface area contributed by atoms with Crippen LogP contribution < -0.4 is 25.0 Å². The molecule has 0 saturated heterocycles. The monoisotopic (exact) mass is 593 g/mol. The topological polar surface area (TPSA) is 142 Å². The number of thiophene rings is 1. The molecule has 0 aliphatic heterocycles. The molecule has 4 rings (SSSR count). The predicted octanol–water partition coefficient (Wildman–Crippen LogP) is 4.52. The molecule has 42 heavy (non-hydrogen) atoms. The van der Waals surface area contributed by atoms with Crippen LogP contribution >= 0.6 is 11.3 Å². The molecule has 12 heteroatoms. The number of carbonyl (C=O) groups excluding carboxylic acids is 4. The second-order valence-electron chi connectivity index (χ2n) is 9.14. The molecule has 1 aromatic heterocycles. The van der Waals surface area contributed by atoms with Gasteiger partial charge in [-0.25, -0.2) is 15.0 Å². The van der Waals surface area contributed by atoms with Crippen LogP contribution in [0, 0.1) is 0 Å². The highest BCUT2D eigenvalue weighted by Crippen LogP contribution is 2.38. The third kappa shape index (κ3) is 7.13. The summed E-state index contributed by atoms with van der Waals surface area (Å²) in [5.41, 5.74) is 4.14. The van der Waals surface area contributed by atoms with E-state index in [1.165, 1.54) is 37.8 Å². The molecule has 0 spiro atoms. The van der Waals surface area contributed by atoms with Crippen LogP contribution in [0.1, 0.15) is 62.9 Å². The molecule has 2 N–H and O–H groups in total. The van der Waals surface area contributed by atoms with E-state index in [2.05, 4.69) is 15.8 Å². The van der Waals surface area contributed by atoms with Gasteiger partial charge in [-0.3, -0.25) is 9.59 Å². The van der Waals surface area contributed by atoms with E-state index in [0.717, 1.165) is 36.1 Å². The Morgan fingerprint density at radius 3 is 2.43 bits per heavy atom. The minimum Gasteiger partial charge on any atom is -0.496 e. The quantitative estimate of drug-likeness (QED) is 0.0921. The molecule has 11 nitrogen and oxygen atoms in total. The first kappa shape index (κ1) is 30.3. The summed E-state index contributed by atoms with van der Waals surface area (Å²) in [5.74, 6) is -2.34. The summed E-state index contributed by atoms with van der Waals surface area (Å²) < 4.78 is 21.3. The first-order valence-electron chi connectivity index (χ1n) is 13.4. The molecule has 0 radical (unpaired) electrons. The van der Waals surface area contributed by atoms with Gasteiger partial charge in [0.2, 0.25) is 0 Å². The number of fused-ring (bicyclic) bond motifs is 1. The number of methoxy groups -OCH3 is 2. The van der Waals surface area contributed by atoms with Crippen molar-refractivity contribution in [1.82, 2.24) is 5.43 Å². The largest absolute Gasteiger partial charge is 0.496 e. The number of aryl methyl sites for hydroxylation is 1. The summed E-state index contributed by atoms with van der Waals surface area (Å²) in [6.07, 6.45) is 5.82. The fraction of sp³-hybridized carbons (Fsp3) is 0.300. The van der Waals surface area contributed by atoms with Crippen LogP contribution in [0.3, 0.4) is 0 Å². The van der Waals surface area contributed by atoms with Gasteiger partial charge >= 0.3 is 23.8 Å². The Kier molecular flexibility index (Phi) is 10.3. The van der Waals surface area contributed by atoms with Crippen LogP contribution in [0.4, 0.5) is 5.00 Å². The second-order valence-corrected chi connectivity index (χ2v) is 10.2. The lowest BCUT2D eigenvalue weighted by Gasteiger charge is -2.11. The summed E-state index contributed by atoms with van der Waals surface area (Å²) in [7, 11) is 2.87. The molecule has 1 aliphatic rings. The highest BCUT2D eigenvalue weighted by Gasteiger charge is 2.28. The van der Waals surface area contributed by atoms with Gasteiger partial charge in [0.25, 0.3) is 0 Å². The van der Waals surface area contributed by atoms with E-state index in [9.17, 15) is 19.2 Å². The third-order valence-electron chi connectivity index (χ3n) is 6.43. The van der Waals surface area contributed by atoms with E-state index in [-0.39, 0.29) is 23.7 Å². The van der Waals surface area contributed by atoms with E-state index in [4.69, 9.17) is 18.9 Å². The smallest absolute Gasteiger partial charge is 0.347 e. The van der Waals surface area contributed by atoms with Gasteiger partial charge in [0.05, 0.1) is 32.6 Å². The normalized spacial score (nSPS) is 12.5. The number of hydrazone groups is 1. The number of nitrogens with zero attached hydrogens (tertiary/aromatic N) is 1. The fourth-order valence-electron chi connectivity index (χ4n) is 4.44. The Labute approximate surface area is 246 Å². The first-order valence-corrected chi connectivity index (χ1v) is 14.2. The molecule has 0 unspecified atom stereocenters. The highest BCUT2D eigenvalue weighted by molar-refractivity contribution is 7.17. The summed E-state index contributed by atoms with van der Waals surface area (Å²) >= 11 is 1.30. The predicted molar refractivity (Wildman–Crippen MR) is 157 cm³/mol. The van der Waals surface area contributed by atoms with Crippen LogP contribution in [0.5, 0.6) is 17.2 Å². The van der Waals surface area contributed by atoms with Crippen molar-refractivity contribution < 1.29 is 38.1 Å². The van der Waals surface area contributed by atoms with E-state index in [1.54, 1.807) is 43.3 Å². The number of esters is 2. The molecule has 3 aromatic rings. The van der Waals surface area contributed by atoms with Crippen LogP contribution in [0.15, 0.2) is 47.6 Å². The van der Waals surface area contributed by atoms with E-state index in [0.29, 0.717) is 28.3 Å². The minimum atomic E-state index is -1.01. The van der Waals surface area contributed by atoms with Crippen molar-refractivity contribution in [2.24, 2.45) is 5.10 Å². The average molecular weight is 594 g/mol. The Morgan fingerprint density at radius 1 is 0.905 bits per heavy atom. The zero-order valence-electron chi connectivity index (χ0n) is 23.5. The molecule has 220 valence electrons. The van der Waals surface area contributed by atoms with Crippen LogP contribution in [0.2, 0.25) is 0 Å². The van der Waals surface area contributed by atoms with Gasteiger partial charge in [-0.2, -0.15) is 5.10 Å². The minimum absolute atomic E-state index is 0.167. The average Bonchev–Trinajstić information content (AvgIpc) is 3.17. The van der Waals surface area contributed by atoms with E-state index < -0.39 is 23.8 Å². The van der Waals surface area contributed by atoms with Crippen molar-refractivity contribution in [3.63, 3.8) is 0 Å². The van der Waals surface area contributed by atoms with Crippen molar-refractivity contribution in [2.45, 2.75) is 39.0 Å². The Morgan fingerprint density at radius 2 is 1.67 bits per heavy atom. The number of para-hydroxylation sites is 1. The molecule has 0 bridgehead atoms. The molecular weight excluding hydrogens is 562 g/mol. The van der Waals surface area contributed by atoms with Gasteiger partial charge in [-0.1, -0.05) is 18.6 Å². The Hall–Kier alpha value is -4.71. The van der Waals surface area contributed by atoms with Crippen molar-refractivity contribution >= 4 is 46.3 Å². The highest BCUT2D eigenvalue weighted by atomic mass is 32.1. The van der Waals surface area contributed by atoms with Gasteiger partial charge in [-0.15, -0.1) is 11.3 Å². The maximum absolute atomic E-state index is 12.7. The molecule has 2 aromatic carbocycles. The maximum Gasteiger partial charge on any atom is 0.347 e. The number of ether oxygens (including phenoxy) is 4. The van der Waals surface area contributed by atoms with Crippen molar-refractivity contribution in [3.8, 4) is 17.2 Å². The molecule has 0 fully saturated rings. The van der Waals surface area contributed by atoms with Crippen molar-refractivity contribution in [1.29, 1.82) is 0 Å². The number of benzene rings is 2. The molecular formula is C30H31N3O8S. The van der Waals surface area contributed by atoms with Crippen LogP contribution in [-0.2, 0) is 27.2 Å². The number of amides is 2. The number of rotatable bonds is 9. The first-order chi connectivity index (χ1) is 20.4. The zero-order valence-corrected chi connectivity index (χ0v) is 24.3. The standard InChI is InChI=1S/C30H31N3O8S/c1-4-40-30(37)25-20-11-6-5-7-13-24(20)42-28(25)32-26(34)27(35)33-31-17-18-14-15-22(23(16-18)39-3)41-29(36)19-10-8-9-12-21(19)38-2/h8-10,12,14-17H,4-7,11,13H2,1-3H3,(H,32,34)(H,33,35)/b31-17+. The molecule has 1 heterocycles. The lowest BCUT2D eigenvalue weighted by atomic mass is 10.1. The summed E-state index contributed by atoms with van der Waals surface area (Å²) in [6, 6.07) is 11.3. The van der Waals surface area contributed by atoms with Crippen molar-refractivity contribution in [3.05, 3.63) is 69.6 Å². The van der Waals surface area contributed by atoms with Gasteiger partial charge < -0.3 is 24.3 Å². The Bertz CT molecular complexity index is 1510. The number of hydrogen-bond acceptors (Lipinski definition) is 10. The van der Waals surface area contributed by atoms with E-state index >= 15 is 0 Å². The van der Waals surface area contributed by atoms with Gasteiger partial charge in [0.15, 0.2) is 11.5 Å². The van der Waals surface area contributed by atoms with Gasteiger partial charge in [0.1, 0.15) is 16.3 Å². The summed E-state index contributed by atoms with van der Waals surface area (Å²) in [4.78, 5) is 51.5. The number of hydrogen-bond donors (Lipinski definition) is 2. The lowest BCUT2D eigenvalue weighted by molar-refractivity contribution is -0.136. The molecule has 0 atom stereocenters. The lowest BCUT2D eigenvalue weighted by Crippen LogP contribution is -2.32. The van der Waals surface area contributed by atoms with Crippen LogP contribution in [0.25, 0.3) is 0 Å². The molecule has 2 amide bonds. The maximum atomic E-state index is 12.7. The second kappa shape index (κ2) is 14.3.